The van der Waals surface area contributed by atoms with E-state index in [-0.39, 0.29) is 23.6 Å². The molecule has 0 spiro atoms. The van der Waals surface area contributed by atoms with Gasteiger partial charge in [-0.1, -0.05) is 0 Å². The van der Waals surface area contributed by atoms with Gasteiger partial charge < -0.3 is 9.84 Å². The van der Waals surface area contributed by atoms with Crippen molar-refractivity contribution in [1.82, 2.24) is 0 Å². The van der Waals surface area contributed by atoms with Crippen molar-refractivity contribution in [2.24, 2.45) is 0 Å². The van der Waals surface area contributed by atoms with E-state index in [1.807, 2.05) is 0 Å². The number of aryl methyl sites for hydroxylation is 1. The molecule has 0 unspecified atom stereocenters. The molecular formula is C11H10FNO5. The van der Waals surface area contributed by atoms with Crippen molar-refractivity contribution in [2.75, 3.05) is 6.61 Å². The molecule has 0 saturated heterocycles. The van der Waals surface area contributed by atoms with E-state index >= 15 is 0 Å². The highest BCUT2D eigenvalue weighted by Crippen LogP contribution is 2.26. The standard InChI is InChI=1S/C11H10FNO5/c1-7-5-10(18-4-2-3-11(14)15)8(12)6-9(7)13(16)17/h2-3,5-6H,4H2,1H3,(H,14,15)/b3-2+. The zero-order chi connectivity index (χ0) is 13.7. The molecule has 0 bridgehead atoms. The van der Waals surface area contributed by atoms with E-state index in [1.54, 1.807) is 0 Å². The Labute approximate surface area is 101 Å². The first kappa shape index (κ1) is 13.6. The minimum absolute atomic E-state index is 0.138. The van der Waals surface area contributed by atoms with Crippen molar-refractivity contribution >= 4 is 11.7 Å². The van der Waals surface area contributed by atoms with Gasteiger partial charge in [-0.2, -0.15) is 0 Å². The molecule has 0 fully saturated rings. The van der Waals surface area contributed by atoms with Gasteiger partial charge in [0, 0.05) is 11.6 Å². The third-order valence-corrected chi connectivity index (χ3v) is 2.04. The number of hydrogen-bond donors (Lipinski definition) is 1. The van der Waals surface area contributed by atoms with E-state index in [4.69, 9.17) is 9.84 Å². The fourth-order valence-corrected chi connectivity index (χ4v) is 1.24. The van der Waals surface area contributed by atoms with Gasteiger partial charge in [0.2, 0.25) is 0 Å². The molecule has 0 heterocycles. The third kappa shape index (κ3) is 3.55. The molecule has 0 aliphatic carbocycles. The quantitative estimate of drug-likeness (QED) is 0.494. The summed E-state index contributed by atoms with van der Waals surface area (Å²) < 4.78 is 18.4. The Morgan fingerprint density at radius 2 is 2.28 bits per heavy atom. The van der Waals surface area contributed by atoms with Crippen molar-refractivity contribution in [3.05, 3.63) is 45.8 Å². The summed E-state index contributed by atoms with van der Waals surface area (Å²) in [6, 6.07) is 1.97. The molecular weight excluding hydrogens is 245 g/mol. The Morgan fingerprint density at radius 1 is 1.61 bits per heavy atom. The molecule has 6 nitrogen and oxygen atoms in total. The van der Waals surface area contributed by atoms with Gasteiger partial charge in [0.15, 0.2) is 11.6 Å². The van der Waals surface area contributed by atoms with Crippen molar-refractivity contribution in [1.29, 1.82) is 0 Å². The Hall–Kier alpha value is -2.44. The molecule has 0 saturated carbocycles. The lowest BCUT2D eigenvalue weighted by atomic mass is 10.2. The van der Waals surface area contributed by atoms with Crippen LogP contribution in [0.15, 0.2) is 24.3 Å². The van der Waals surface area contributed by atoms with Crippen LogP contribution in [0, 0.1) is 22.9 Å². The zero-order valence-corrected chi connectivity index (χ0v) is 9.42. The Bertz CT molecular complexity index is 512. The Kier molecular flexibility index (Phi) is 4.36. The molecule has 0 aliphatic rings. The smallest absolute Gasteiger partial charge is 0.328 e. The minimum Gasteiger partial charge on any atom is -0.486 e. The SMILES string of the molecule is Cc1cc(OC/C=C/C(=O)O)c(F)cc1[N+](=O)[O-]. The summed E-state index contributed by atoms with van der Waals surface area (Å²) in [4.78, 5) is 20.0. The fraction of sp³-hybridized carbons (Fsp3) is 0.182. The predicted molar refractivity (Wildman–Crippen MR) is 60.1 cm³/mol. The summed E-state index contributed by atoms with van der Waals surface area (Å²) in [7, 11) is 0. The van der Waals surface area contributed by atoms with E-state index in [0.717, 1.165) is 12.1 Å². The summed E-state index contributed by atoms with van der Waals surface area (Å²) in [6.07, 6.45) is 2.05. The van der Waals surface area contributed by atoms with Gasteiger partial charge in [-0.15, -0.1) is 0 Å². The van der Waals surface area contributed by atoms with Crippen molar-refractivity contribution in [3.63, 3.8) is 0 Å². The van der Waals surface area contributed by atoms with Crippen LogP contribution in [0.3, 0.4) is 0 Å². The van der Waals surface area contributed by atoms with E-state index in [0.29, 0.717) is 0 Å². The van der Waals surface area contributed by atoms with Crippen LogP contribution in [0.2, 0.25) is 0 Å². The van der Waals surface area contributed by atoms with Gasteiger partial charge >= 0.3 is 5.97 Å². The first-order valence-corrected chi connectivity index (χ1v) is 4.88. The molecule has 7 heteroatoms. The van der Waals surface area contributed by atoms with Crippen molar-refractivity contribution in [3.8, 4) is 5.75 Å². The topological polar surface area (TPSA) is 89.7 Å². The highest BCUT2D eigenvalue weighted by Gasteiger charge is 2.15. The number of ether oxygens (including phenoxy) is 1. The van der Waals surface area contributed by atoms with Crippen LogP contribution in [0.5, 0.6) is 5.75 Å². The van der Waals surface area contributed by atoms with Gasteiger partial charge in [-0.05, 0) is 19.1 Å². The molecule has 0 atom stereocenters. The van der Waals surface area contributed by atoms with Crippen LogP contribution < -0.4 is 4.74 Å². The largest absolute Gasteiger partial charge is 0.486 e. The van der Waals surface area contributed by atoms with Crippen molar-refractivity contribution < 1.29 is 24.0 Å². The third-order valence-electron chi connectivity index (χ3n) is 2.04. The average Bonchev–Trinajstić information content (AvgIpc) is 2.27. The van der Waals surface area contributed by atoms with Gasteiger partial charge in [0.25, 0.3) is 5.69 Å². The second kappa shape index (κ2) is 5.76. The van der Waals surface area contributed by atoms with E-state index < -0.39 is 16.7 Å². The number of halogens is 1. The first-order chi connectivity index (χ1) is 8.41. The molecule has 1 aromatic carbocycles. The second-order valence-corrected chi connectivity index (χ2v) is 3.38. The first-order valence-electron chi connectivity index (χ1n) is 4.88. The summed E-state index contributed by atoms with van der Waals surface area (Å²) in [6.45, 7) is 1.32. The molecule has 18 heavy (non-hydrogen) atoms. The molecule has 1 aromatic rings. The van der Waals surface area contributed by atoms with Gasteiger partial charge in [-0.3, -0.25) is 10.1 Å². The second-order valence-electron chi connectivity index (χ2n) is 3.38. The lowest BCUT2D eigenvalue weighted by molar-refractivity contribution is -0.385. The maximum absolute atomic E-state index is 13.4. The lowest BCUT2D eigenvalue weighted by Crippen LogP contribution is -2.00. The van der Waals surface area contributed by atoms with Crippen LogP contribution in [-0.4, -0.2) is 22.6 Å². The molecule has 96 valence electrons. The van der Waals surface area contributed by atoms with Crippen LogP contribution >= 0.6 is 0 Å². The molecule has 1 rings (SSSR count). The molecule has 1 N–H and O–H groups in total. The minimum atomic E-state index is -1.14. The number of hydrogen-bond acceptors (Lipinski definition) is 4. The molecule has 0 aliphatic heterocycles. The van der Waals surface area contributed by atoms with Crippen molar-refractivity contribution in [2.45, 2.75) is 6.92 Å². The number of carboxylic acid groups (broad SMARTS) is 1. The van der Waals surface area contributed by atoms with Crippen LogP contribution in [0.1, 0.15) is 5.56 Å². The highest BCUT2D eigenvalue weighted by atomic mass is 19.1. The van der Waals surface area contributed by atoms with Crippen LogP contribution in [-0.2, 0) is 4.79 Å². The lowest BCUT2D eigenvalue weighted by Gasteiger charge is -2.06. The Balaban J connectivity index is 2.82. The van der Waals surface area contributed by atoms with E-state index in [1.165, 1.54) is 19.1 Å². The highest BCUT2D eigenvalue weighted by molar-refractivity contribution is 5.79. The maximum Gasteiger partial charge on any atom is 0.328 e. The Morgan fingerprint density at radius 3 is 2.83 bits per heavy atom. The number of nitro benzene ring substituents is 1. The summed E-state index contributed by atoms with van der Waals surface area (Å²) in [5.74, 6) is -2.16. The maximum atomic E-state index is 13.4. The van der Waals surface area contributed by atoms with Crippen LogP contribution in [0.4, 0.5) is 10.1 Å². The van der Waals surface area contributed by atoms with E-state index in [2.05, 4.69) is 0 Å². The molecule has 0 aromatic heterocycles. The average molecular weight is 255 g/mol. The van der Waals surface area contributed by atoms with Crippen LogP contribution in [0.25, 0.3) is 0 Å². The van der Waals surface area contributed by atoms with Gasteiger partial charge in [0.1, 0.15) is 6.61 Å². The number of benzene rings is 1. The number of carbonyl (C=O) groups is 1. The fourth-order valence-electron chi connectivity index (χ4n) is 1.24. The summed E-state index contributed by atoms with van der Waals surface area (Å²) in [5.41, 5.74) is -0.0699. The number of rotatable bonds is 5. The summed E-state index contributed by atoms with van der Waals surface area (Å²) >= 11 is 0. The van der Waals surface area contributed by atoms with E-state index in [9.17, 15) is 19.3 Å². The number of nitro groups is 1. The number of aliphatic carboxylic acids is 1. The monoisotopic (exact) mass is 255 g/mol. The zero-order valence-electron chi connectivity index (χ0n) is 9.42. The number of carboxylic acids is 1. The molecule has 0 amide bonds. The number of nitrogens with zero attached hydrogens (tertiary/aromatic N) is 1. The normalized spacial score (nSPS) is 10.6. The van der Waals surface area contributed by atoms with Gasteiger partial charge in [0.05, 0.1) is 11.0 Å². The predicted octanol–water partition coefficient (Wildman–Crippen LogP) is 2.06. The molecule has 0 radical (unpaired) electrons. The summed E-state index contributed by atoms with van der Waals surface area (Å²) in [5, 5.41) is 18.9. The van der Waals surface area contributed by atoms with Gasteiger partial charge in [-0.25, -0.2) is 9.18 Å².